The highest BCUT2D eigenvalue weighted by molar-refractivity contribution is 7.89. The third kappa shape index (κ3) is 3.07. The maximum absolute atomic E-state index is 12.2. The molecule has 1 saturated carbocycles. The fourth-order valence-electron chi connectivity index (χ4n) is 2.18. The van der Waals surface area contributed by atoms with E-state index < -0.39 is 10.0 Å². The molecule has 0 bridgehead atoms. The summed E-state index contributed by atoms with van der Waals surface area (Å²) in [5.41, 5.74) is 0. The third-order valence-corrected chi connectivity index (χ3v) is 5.66. The number of thiophene rings is 1. The summed E-state index contributed by atoms with van der Waals surface area (Å²) in [6.07, 6.45) is 4.18. The molecule has 2 rings (SSSR count). The molecule has 2 N–H and O–H groups in total. The van der Waals surface area contributed by atoms with E-state index in [9.17, 15) is 8.42 Å². The van der Waals surface area contributed by atoms with Gasteiger partial charge in [0, 0.05) is 17.5 Å². The highest BCUT2D eigenvalue weighted by Crippen LogP contribution is 2.24. The minimum atomic E-state index is -3.33. The first-order valence-electron chi connectivity index (χ1n) is 5.87. The Morgan fingerprint density at radius 2 is 2.12 bits per heavy atom. The van der Waals surface area contributed by atoms with Crippen LogP contribution in [0.2, 0.25) is 0 Å². The van der Waals surface area contributed by atoms with Crippen molar-refractivity contribution in [3.63, 3.8) is 0 Å². The van der Waals surface area contributed by atoms with Crippen molar-refractivity contribution in [2.24, 2.45) is 0 Å². The zero-order valence-electron chi connectivity index (χ0n) is 9.90. The summed E-state index contributed by atoms with van der Waals surface area (Å²) >= 11 is 1.48. The number of sulfonamides is 1. The summed E-state index contributed by atoms with van der Waals surface area (Å²) in [7, 11) is -1.51. The first-order chi connectivity index (χ1) is 8.13. The van der Waals surface area contributed by atoms with E-state index in [0.29, 0.717) is 11.4 Å². The molecule has 1 aromatic rings. The molecule has 0 radical (unpaired) electrons. The van der Waals surface area contributed by atoms with Gasteiger partial charge in [-0.3, -0.25) is 0 Å². The lowest BCUT2D eigenvalue weighted by molar-refractivity contribution is 0.551. The van der Waals surface area contributed by atoms with Gasteiger partial charge in [-0.1, -0.05) is 12.8 Å². The quantitative estimate of drug-likeness (QED) is 0.859. The highest BCUT2D eigenvalue weighted by atomic mass is 32.2. The molecule has 1 fully saturated rings. The minimum absolute atomic E-state index is 0.127. The van der Waals surface area contributed by atoms with Crippen LogP contribution in [0.3, 0.4) is 0 Å². The van der Waals surface area contributed by atoms with Gasteiger partial charge in [0.1, 0.15) is 0 Å². The fourth-order valence-corrected chi connectivity index (χ4v) is 4.94. The topological polar surface area (TPSA) is 58.2 Å². The van der Waals surface area contributed by atoms with Gasteiger partial charge in [0.05, 0.1) is 4.90 Å². The fraction of sp³-hybridized carbons (Fsp3) is 0.636. The molecule has 0 spiro atoms. The monoisotopic (exact) mass is 274 g/mol. The zero-order chi connectivity index (χ0) is 12.3. The summed E-state index contributed by atoms with van der Waals surface area (Å²) in [6.45, 7) is 0.596. The van der Waals surface area contributed by atoms with Crippen LogP contribution in [0.15, 0.2) is 16.3 Å². The van der Waals surface area contributed by atoms with E-state index in [-0.39, 0.29) is 6.04 Å². The van der Waals surface area contributed by atoms with Crippen molar-refractivity contribution in [1.29, 1.82) is 0 Å². The first kappa shape index (κ1) is 13.0. The standard InChI is InChI=1S/C11H18N2O2S2/c1-12-8-10-11(6-7-16-10)17(14,15)13-9-4-2-3-5-9/h6-7,9,12-13H,2-5,8H2,1H3. The normalized spacial score (nSPS) is 17.7. The molecule has 1 aliphatic carbocycles. The molecule has 0 amide bonds. The van der Waals surface area contributed by atoms with E-state index >= 15 is 0 Å². The van der Waals surface area contributed by atoms with Crippen molar-refractivity contribution >= 4 is 21.4 Å². The minimum Gasteiger partial charge on any atom is -0.315 e. The maximum Gasteiger partial charge on any atom is 0.241 e. The van der Waals surface area contributed by atoms with Crippen molar-refractivity contribution in [3.05, 3.63) is 16.3 Å². The van der Waals surface area contributed by atoms with Gasteiger partial charge < -0.3 is 5.32 Å². The van der Waals surface area contributed by atoms with Gasteiger partial charge in [-0.05, 0) is 31.3 Å². The summed E-state index contributed by atoms with van der Waals surface area (Å²) in [4.78, 5) is 1.31. The molecule has 4 nitrogen and oxygen atoms in total. The number of rotatable bonds is 5. The molecule has 0 unspecified atom stereocenters. The maximum atomic E-state index is 12.2. The summed E-state index contributed by atoms with van der Waals surface area (Å²) in [5, 5.41) is 4.82. The Labute approximate surface area is 106 Å². The molecule has 1 heterocycles. The van der Waals surface area contributed by atoms with Crippen LogP contribution in [0, 0.1) is 0 Å². The van der Waals surface area contributed by atoms with E-state index in [2.05, 4.69) is 10.0 Å². The molecule has 96 valence electrons. The number of nitrogens with one attached hydrogen (secondary N) is 2. The van der Waals surface area contributed by atoms with Crippen LogP contribution in [-0.2, 0) is 16.6 Å². The molecule has 1 aliphatic rings. The van der Waals surface area contributed by atoms with Crippen molar-refractivity contribution in [2.45, 2.75) is 43.2 Å². The molecular formula is C11H18N2O2S2. The lowest BCUT2D eigenvalue weighted by Gasteiger charge is -2.12. The van der Waals surface area contributed by atoms with Crippen LogP contribution in [0.1, 0.15) is 30.6 Å². The van der Waals surface area contributed by atoms with Crippen molar-refractivity contribution < 1.29 is 8.42 Å². The lowest BCUT2D eigenvalue weighted by atomic mass is 10.3. The van der Waals surface area contributed by atoms with E-state index in [4.69, 9.17) is 0 Å². The van der Waals surface area contributed by atoms with Gasteiger partial charge in [0.2, 0.25) is 10.0 Å². The smallest absolute Gasteiger partial charge is 0.241 e. The van der Waals surface area contributed by atoms with Crippen molar-refractivity contribution in [3.8, 4) is 0 Å². The Morgan fingerprint density at radius 1 is 1.41 bits per heavy atom. The Morgan fingerprint density at radius 3 is 2.76 bits per heavy atom. The number of hydrogen-bond donors (Lipinski definition) is 2. The first-order valence-corrected chi connectivity index (χ1v) is 8.23. The molecule has 0 aliphatic heterocycles. The Hall–Kier alpha value is -0.430. The van der Waals surface area contributed by atoms with E-state index in [1.807, 2.05) is 12.4 Å². The van der Waals surface area contributed by atoms with E-state index in [1.54, 1.807) is 6.07 Å². The van der Waals surface area contributed by atoms with Crippen LogP contribution in [0.25, 0.3) is 0 Å². The second-order valence-corrected chi connectivity index (χ2v) is 7.02. The van der Waals surface area contributed by atoms with Crippen LogP contribution in [0.5, 0.6) is 0 Å². The van der Waals surface area contributed by atoms with Gasteiger partial charge in [-0.15, -0.1) is 11.3 Å². The van der Waals surface area contributed by atoms with Crippen LogP contribution >= 0.6 is 11.3 Å². The molecule has 0 saturated heterocycles. The van der Waals surface area contributed by atoms with Crippen LogP contribution in [-0.4, -0.2) is 21.5 Å². The summed E-state index contributed by atoms with van der Waals surface area (Å²) in [6, 6.07) is 1.82. The Kier molecular flexibility index (Phi) is 4.19. The van der Waals surface area contributed by atoms with Gasteiger partial charge in [0.15, 0.2) is 0 Å². The van der Waals surface area contributed by atoms with Crippen LogP contribution < -0.4 is 10.0 Å². The van der Waals surface area contributed by atoms with Gasteiger partial charge in [0.25, 0.3) is 0 Å². The molecule has 0 aromatic carbocycles. The Balaban J connectivity index is 2.15. The van der Waals surface area contributed by atoms with Gasteiger partial charge in [-0.25, -0.2) is 13.1 Å². The van der Waals surface area contributed by atoms with E-state index in [1.165, 1.54) is 11.3 Å². The predicted octanol–water partition coefficient (Wildman–Crippen LogP) is 1.69. The van der Waals surface area contributed by atoms with Gasteiger partial charge in [-0.2, -0.15) is 0 Å². The molecule has 17 heavy (non-hydrogen) atoms. The average molecular weight is 274 g/mol. The largest absolute Gasteiger partial charge is 0.315 e. The molecular weight excluding hydrogens is 256 g/mol. The average Bonchev–Trinajstić information content (AvgIpc) is 2.88. The second kappa shape index (κ2) is 5.48. The second-order valence-electron chi connectivity index (χ2n) is 4.34. The van der Waals surface area contributed by atoms with Crippen LogP contribution in [0.4, 0.5) is 0 Å². The third-order valence-electron chi connectivity index (χ3n) is 3.01. The molecule has 1 aromatic heterocycles. The van der Waals surface area contributed by atoms with Crippen molar-refractivity contribution in [2.75, 3.05) is 7.05 Å². The van der Waals surface area contributed by atoms with Crippen molar-refractivity contribution in [1.82, 2.24) is 10.0 Å². The zero-order valence-corrected chi connectivity index (χ0v) is 11.5. The summed E-state index contributed by atoms with van der Waals surface area (Å²) < 4.78 is 27.2. The number of hydrogen-bond acceptors (Lipinski definition) is 4. The highest BCUT2D eigenvalue weighted by Gasteiger charge is 2.25. The van der Waals surface area contributed by atoms with E-state index in [0.717, 1.165) is 30.6 Å². The molecule has 6 heteroatoms. The van der Waals surface area contributed by atoms with Gasteiger partial charge >= 0.3 is 0 Å². The SMILES string of the molecule is CNCc1sccc1S(=O)(=O)NC1CCCC1. The Bertz CT molecular complexity index is 462. The summed E-state index contributed by atoms with van der Waals surface area (Å²) in [5.74, 6) is 0. The predicted molar refractivity (Wildman–Crippen MR) is 69.7 cm³/mol. The lowest BCUT2D eigenvalue weighted by Crippen LogP contribution is -2.33. The molecule has 0 atom stereocenters.